The number of benzene rings is 2. The van der Waals surface area contributed by atoms with E-state index in [2.05, 4.69) is 107 Å². The zero-order valence-electron chi connectivity index (χ0n) is 22.8. The Morgan fingerprint density at radius 2 is 0.656 bits per heavy atom. The zero-order chi connectivity index (χ0) is 24.5. The molecule has 178 valence electrons. The van der Waals surface area contributed by atoms with Gasteiger partial charge < -0.3 is 5.50 Å². The van der Waals surface area contributed by atoms with Crippen LogP contribution in [-0.2, 0) is 0 Å². The average Bonchev–Trinajstić information content (AvgIpc) is 2.70. The quantitative estimate of drug-likeness (QED) is 0.397. The molecule has 0 unspecified atom stereocenters. The Morgan fingerprint density at radius 1 is 0.438 bits per heavy atom. The molecule has 0 saturated carbocycles. The average molecular weight is 454 g/mol. The zero-order valence-corrected chi connectivity index (χ0v) is 23.7. The van der Waals surface area contributed by atoms with Gasteiger partial charge in [0.2, 0.25) is 0 Å². The van der Waals surface area contributed by atoms with Crippen molar-refractivity contribution in [2.45, 2.75) is 119 Å². The van der Waals surface area contributed by atoms with Gasteiger partial charge in [-0.25, -0.2) is 0 Å². The Bertz CT molecular complexity index is 785. The number of nitrogens with two attached hydrogens (primary N) is 1. The van der Waals surface area contributed by atoms with Crippen LogP contribution in [0.4, 0.5) is 0 Å². The van der Waals surface area contributed by atoms with Crippen molar-refractivity contribution in [3.8, 4) is 0 Å². The number of rotatable bonds is 8. The van der Waals surface area contributed by atoms with Crippen molar-refractivity contribution in [3.05, 3.63) is 57.6 Å². The lowest BCUT2D eigenvalue weighted by molar-refractivity contribution is 0.811. The fourth-order valence-electron chi connectivity index (χ4n) is 4.50. The minimum atomic E-state index is -0.947. The molecule has 2 aromatic rings. The van der Waals surface area contributed by atoms with Gasteiger partial charge in [-0.1, -0.05) is 107 Å². The Kier molecular flexibility index (Phi) is 9.17. The predicted octanol–water partition coefficient (Wildman–Crippen LogP) is 8.73. The highest BCUT2D eigenvalue weighted by atomic mass is 31.1. The molecule has 1 nitrogen and oxygen atoms in total. The highest BCUT2D eigenvalue weighted by Crippen LogP contribution is 2.40. The molecular formula is C30H48NP. The standard InChI is InChI=1S/C30H48NP/c1-17(2)23-13-25(19(5)6)29(26(14-23)20(7)8)32(31)30-27(21(9)10)15-24(18(3)4)16-28(30)22(11)12/h13-22H,31H2,1-12H3. The van der Waals surface area contributed by atoms with Crippen molar-refractivity contribution in [1.29, 1.82) is 0 Å². The summed E-state index contributed by atoms with van der Waals surface area (Å²) in [4.78, 5) is 0. The van der Waals surface area contributed by atoms with Gasteiger partial charge in [-0.05, 0) is 68.9 Å². The van der Waals surface area contributed by atoms with Crippen molar-refractivity contribution >= 4 is 18.7 Å². The molecule has 0 bridgehead atoms. The molecule has 0 aromatic heterocycles. The first-order valence-electron chi connectivity index (χ1n) is 12.7. The van der Waals surface area contributed by atoms with Gasteiger partial charge in [0.05, 0.1) is 0 Å². The number of hydrogen-bond acceptors (Lipinski definition) is 1. The summed E-state index contributed by atoms with van der Waals surface area (Å²) in [6, 6.07) is 9.80. The molecule has 0 spiro atoms. The fraction of sp³-hybridized carbons (Fsp3) is 0.600. The van der Waals surface area contributed by atoms with E-state index >= 15 is 0 Å². The molecule has 32 heavy (non-hydrogen) atoms. The van der Waals surface area contributed by atoms with Crippen LogP contribution in [0.2, 0.25) is 0 Å². The molecule has 2 rings (SSSR count). The Labute approximate surface area is 200 Å². The monoisotopic (exact) mass is 453 g/mol. The van der Waals surface area contributed by atoms with Gasteiger partial charge in [-0.15, -0.1) is 0 Å². The third kappa shape index (κ3) is 5.66. The van der Waals surface area contributed by atoms with Crippen LogP contribution in [0.15, 0.2) is 24.3 Å². The second-order valence-corrected chi connectivity index (χ2v) is 13.0. The van der Waals surface area contributed by atoms with E-state index in [1.54, 1.807) is 0 Å². The first-order chi connectivity index (χ1) is 14.8. The summed E-state index contributed by atoms with van der Waals surface area (Å²) < 4.78 is 0. The van der Waals surface area contributed by atoms with Gasteiger partial charge in [0.25, 0.3) is 0 Å². The van der Waals surface area contributed by atoms with Gasteiger partial charge in [0, 0.05) is 18.7 Å². The summed E-state index contributed by atoms with van der Waals surface area (Å²) in [5.74, 6) is 2.85. The lowest BCUT2D eigenvalue weighted by atomic mass is 9.89. The molecule has 0 atom stereocenters. The van der Waals surface area contributed by atoms with Gasteiger partial charge in [-0.3, -0.25) is 0 Å². The van der Waals surface area contributed by atoms with Crippen molar-refractivity contribution in [3.63, 3.8) is 0 Å². The van der Waals surface area contributed by atoms with E-state index in [0.717, 1.165) is 0 Å². The molecule has 0 aliphatic rings. The van der Waals surface area contributed by atoms with Crippen molar-refractivity contribution < 1.29 is 0 Å². The van der Waals surface area contributed by atoms with Crippen LogP contribution in [0, 0.1) is 0 Å². The minimum absolute atomic E-state index is 0.453. The largest absolute Gasteiger partial charge is 0.302 e. The summed E-state index contributed by atoms with van der Waals surface area (Å²) in [5.41, 5.74) is 16.1. The topological polar surface area (TPSA) is 26.0 Å². The van der Waals surface area contributed by atoms with E-state index < -0.39 is 8.07 Å². The second kappa shape index (κ2) is 10.8. The lowest BCUT2D eigenvalue weighted by Crippen LogP contribution is -2.31. The van der Waals surface area contributed by atoms with Crippen LogP contribution < -0.4 is 16.1 Å². The summed E-state index contributed by atoms with van der Waals surface area (Å²) >= 11 is 0. The minimum Gasteiger partial charge on any atom is -0.302 e. The van der Waals surface area contributed by atoms with Gasteiger partial charge in [-0.2, -0.15) is 0 Å². The van der Waals surface area contributed by atoms with Crippen LogP contribution in [-0.4, -0.2) is 0 Å². The van der Waals surface area contributed by atoms with Crippen molar-refractivity contribution in [2.24, 2.45) is 5.50 Å². The molecule has 0 fully saturated rings. The summed E-state index contributed by atoms with van der Waals surface area (Å²) in [5, 5.41) is 2.85. The van der Waals surface area contributed by atoms with E-state index in [0.29, 0.717) is 35.5 Å². The lowest BCUT2D eigenvalue weighted by Gasteiger charge is -2.31. The number of hydrogen-bond donors (Lipinski definition) is 1. The molecule has 2 aromatic carbocycles. The molecule has 2 heteroatoms. The molecule has 0 aliphatic carbocycles. The maximum atomic E-state index is 7.39. The third-order valence-electron chi connectivity index (χ3n) is 6.69. The van der Waals surface area contributed by atoms with Crippen molar-refractivity contribution in [2.75, 3.05) is 0 Å². The summed E-state index contributed by atoms with van der Waals surface area (Å²) in [6.45, 7) is 27.8. The fourth-order valence-corrected chi connectivity index (χ4v) is 7.13. The van der Waals surface area contributed by atoms with E-state index in [1.807, 2.05) is 0 Å². The maximum Gasteiger partial charge on any atom is 0.0237 e. The first kappa shape index (κ1) is 27.1. The van der Waals surface area contributed by atoms with Crippen molar-refractivity contribution in [1.82, 2.24) is 0 Å². The van der Waals surface area contributed by atoms with Crippen LogP contribution in [0.3, 0.4) is 0 Å². The molecule has 0 aliphatic heterocycles. The van der Waals surface area contributed by atoms with Crippen LogP contribution in [0.5, 0.6) is 0 Å². The highest BCUT2D eigenvalue weighted by Gasteiger charge is 2.28. The van der Waals surface area contributed by atoms with E-state index in [-0.39, 0.29) is 0 Å². The molecule has 0 amide bonds. The van der Waals surface area contributed by atoms with E-state index in [9.17, 15) is 0 Å². The summed E-state index contributed by atoms with van der Waals surface area (Å²) in [6.07, 6.45) is 0. The smallest absolute Gasteiger partial charge is 0.0237 e. The third-order valence-corrected chi connectivity index (χ3v) is 8.68. The molecule has 0 heterocycles. The molecule has 2 N–H and O–H groups in total. The molecule has 0 radical (unpaired) electrons. The maximum absolute atomic E-state index is 7.39. The predicted molar refractivity (Wildman–Crippen MR) is 148 cm³/mol. The Balaban J connectivity index is 2.94. The van der Waals surface area contributed by atoms with Crippen LogP contribution >= 0.6 is 8.07 Å². The SMILES string of the molecule is CC(C)c1cc(C(C)C)c(P(N)c2c(C(C)C)cc(C(C)C)cc2C(C)C)c(C(C)C)c1. The first-order valence-corrected chi connectivity index (χ1v) is 14.1. The van der Waals surface area contributed by atoms with Gasteiger partial charge >= 0.3 is 0 Å². The van der Waals surface area contributed by atoms with E-state index in [1.165, 1.54) is 44.0 Å². The molecular weight excluding hydrogens is 405 g/mol. The van der Waals surface area contributed by atoms with Gasteiger partial charge in [0.15, 0.2) is 0 Å². The summed E-state index contributed by atoms with van der Waals surface area (Å²) in [7, 11) is -0.947. The van der Waals surface area contributed by atoms with Gasteiger partial charge in [0.1, 0.15) is 0 Å². The highest BCUT2D eigenvalue weighted by molar-refractivity contribution is 7.71. The van der Waals surface area contributed by atoms with Crippen LogP contribution in [0.25, 0.3) is 0 Å². The Hall–Kier alpha value is -1.17. The Morgan fingerprint density at radius 3 is 0.812 bits per heavy atom. The second-order valence-electron chi connectivity index (χ2n) is 11.4. The normalized spacial score (nSPS) is 12.6. The van der Waals surface area contributed by atoms with Crippen LogP contribution in [0.1, 0.15) is 152 Å². The van der Waals surface area contributed by atoms with E-state index in [4.69, 9.17) is 5.50 Å². The molecule has 0 saturated heterocycles.